The molecule has 28 heavy (non-hydrogen) atoms. The number of alkyl halides is 3. The molecule has 0 bridgehead atoms. The second-order valence-electron chi connectivity index (χ2n) is 6.79. The van der Waals surface area contributed by atoms with Gasteiger partial charge in [-0.2, -0.15) is 13.2 Å². The Morgan fingerprint density at radius 1 is 1.29 bits per heavy atom. The number of nitrogens with one attached hydrogen (secondary N) is 1. The van der Waals surface area contributed by atoms with Crippen LogP contribution in [0.3, 0.4) is 0 Å². The van der Waals surface area contributed by atoms with Crippen molar-refractivity contribution in [1.82, 2.24) is 15.1 Å². The van der Waals surface area contributed by atoms with Gasteiger partial charge in [0, 0.05) is 45.3 Å². The van der Waals surface area contributed by atoms with Crippen molar-refractivity contribution in [1.29, 1.82) is 0 Å². The Kier molecular flexibility index (Phi) is 7.74. The zero-order chi connectivity index (χ0) is 19.4. The lowest BCUT2D eigenvalue weighted by Crippen LogP contribution is -2.49. The van der Waals surface area contributed by atoms with Gasteiger partial charge < -0.3 is 15.0 Å². The maximum atomic E-state index is 13.1. The highest BCUT2D eigenvalue weighted by molar-refractivity contribution is 5.97. The van der Waals surface area contributed by atoms with Gasteiger partial charge in [0.1, 0.15) is 12.4 Å². The molecule has 1 aromatic rings. The van der Waals surface area contributed by atoms with E-state index in [1.54, 1.807) is 4.90 Å². The van der Waals surface area contributed by atoms with Crippen molar-refractivity contribution in [2.45, 2.75) is 18.6 Å². The number of ether oxygens (including phenoxy) is 1. The van der Waals surface area contributed by atoms with Gasteiger partial charge in [0.15, 0.2) is 0 Å². The van der Waals surface area contributed by atoms with E-state index in [0.29, 0.717) is 13.1 Å². The first-order valence-electron chi connectivity index (χ1n) is 9.09. The Hall–Kier alpha value is -1.77. The molecule has 2 aliphatic heterocycles. The maximum absolute atomic E-state index is 13.1. The Balaban J connectivity index is 0.00000280. The minimum atomic E-state index is -4.51. The smallest absolute Gasteiger partial charge is 0.416 e. The number of carbonyl (C=O) groups excluding carboxylic acids is 1. The first-order chi connectivity index (χ1) is 12.9. The van der Waals surface area contributed by atoms with Crippen LogP contribution < -0.4 is 10.1 Å². The summed E-state index contributed by atoms with van der Waals surface area (Å²) >= 11 is 0. The van der Waals surface area contributed by atoms with Crippen LogP contribution in [0.2, 0.25) is 0 Å². The zero-order valence-electron chi connectivity index (χ0n) is 15.5. The number of rotatable bonds is 5. The number of carbonyl (C=O) groups is 1. The van der Waals surface area contributed by atoms with E-state index in [-0.39, 0.29) is 36.4 Å². The van der Waals surface area contributed by atoms with Crippen LogP contribution in [-0.4, -0.2) is 67.6 Å². The van der Waals surface area contributed by atoms with Gasteiger partial charge in [-0.1, -0.05) is 12.7 Å². The van der Waals surface area contributed by atoms with Crippen LogP contribution in [0.5, 0.6) is 5.75 Å². The Labute approximate surface area is 168 Å². The van der Waals surface area contributed by atoms with Crippen LogP contribution in [0.1, 0.15) is 22.3 Å². The fraction of sp³-hybridized carbons (Fsp3) is 0.526. The summed E-state index contributed by atoms with van der Waals surface area (Å²) in [6.45, 7) is 8.38. The van der Waals surface area contributed by atoms with Crippen molar-refractivity contribution >= 4 is 18.3 Å². The fourth-order valence-corrected chi connectivity index (χ4v) is 3.59. The predicted octanol–water partition coefficient (Wildman–Crippen LogP) is 2.81. The van der Waals surface area contributed by atoms with E-state index in [2.05, 4.69) is 16.8 Å². The monoisotopic (exact) mass is 419 g/mol. The van der Waals surface area contributed by atoms with Crippen molar-refractivity contribution in [3.63, 3.8) is 0 Å². The van der Waals surface area contributed by atoms with Crippen molar-refractivity contribution in [2.24, 2.45) is 0 Å². The summed E-state index contributed by atoms with van der Waals surface area (Å²) in [6.07, 6.45) is -2.20. The largest absolute Gasteiger partial charge is 0.489 e. The Bertz CT molecular complexity index is 693. The lowest BCUT2D eigenvalue weighted by Gasteiger charge is -2.32. The van der Waals surface area contributed by atoms with E-state index in [0.717, 1.165) is 44.7 Å². The highest BCUT2D eigenvalue weighted by Gasteiger charge is 2.35. The molecule has 2 heterocycles. The third-order valence-electron chi connectivity index (χ3n) is 5.01. The molecule has 1 N–H and O–H groups in total. The summed E-state index contributed by atoms with van der Waals surface area (Å²) in [5, 5.41) is 3.29. The highest BCUT2D eigenvalue weighted by Crippen LogP contribution is 2.33. The minimum Gasteiger partial charge on any atom is -0.489 e. The van der Waals surface area contributed by atoms with E-state index in [1.807, 2.05) is 0 Å². The molecule has 0 aliphatic carbocycles. The van der Waals surface area contributed by atoms with E-state index in [1.165, 1.54) is 12.1 Å². The average molecular weight is 420 g/mol. The summed E-state index contributed by atoms with van der Waals surface area (Å²) in [5.41, 5.74) is -0.901. The van der Waals surface area contributed by atoms with Crippen molar-refractivity contribution in [3.05, 3.63) is 42.0 Å². The van der Waals surface area contributed by atoms with Crippen molar-refractivity contribution < 1.29 is 22.7 Å². The van der Waals surface area contributed by atoms with E-state index in [4.69, 9.17) is 4.74 Å². The SMILES string of the molecule is C=CCOc1ccc(C(F)(F)F)cc1C(=O)N1CCC(N2CCNCC2)C1.Cl. The fourth-order valence-electron chi connectivity index (χ4n) is 3.59. The standard InChI is InChI=1S/C19H24F3N3O2.ClH/c1-2-11-27-17-4-3-14(19(20,21)22)12-16(17)18(26)25-8-5-15(13-25)24-9-6-23-7-10-24;/h2-4,12,15,23H,1,5-11,13H2;1H. The van der Waals surface area contributed by atoms with Crippen LogP contribution in [0.25, 0.3) is 0 Å². The second-order valence-corrected chi connectivity index (χ2v) is 6.79. The summed E-state index contributed by atoms with van der Waals surface area (Å²) in [4.78, 5) is 16.9. The van der Waals surface area contributed by atoms with Gasteiger partial charge in [0.05, 0.1) is 11.1 Å². The molecule has 5 nitrogen and oxygen atoms in total. The lowest BCUT2D eigenvalue weighted by atomic mass is 10.1. The van der Waals surface area contributed by atoms with Gasteiger partial charge in [0.25, 0.3) is 5.91 Å². The molecule has 0 radical (unpaired) electrons. The van der Waals surface area contributed by atoms with Gasteiger partial charge in [-0.3, -0.25) is 9.69 Å². The summed E-state index contributed by atoms with van der Waals surface area (Å²) < 4.78 is 44.7. The molecule has 1 aromatic carbocycles. The molecule has 1 amide bonds. The summed E-state index contributed by atoms with van der Waals surface area (Å²) in [6, 6.07) is 3.28. The Morgan fingerprint density at radius 2 is 2.00 bits per heavy atom. The van der Waals surface area contributed by atoms with Crippen LogP contribution in [-0.2, 0) is 6.18 Å². The average Bonchev–Trinajstić information content (AvgIpc) is 3.16. The minimum absolute atomic E-state index is 0. The maximum Gasteiger partial charge on any atom is 0.416 e. The number of hydrogen-bond donors (Lipinski definition) is 1. The number of amides is 1. The topological polar surface area (TPSA) is 44.8 Å². The first-order valence-corrected chi connectivity index (χ1v) is 9.09. The molecular formula is C19H25ClF3N3O2. The molecule has 3 rings (SSSR count). The van der Waals surface area contributed by atoms with E-state index in [9.17, 15) is 18.0 Å². The lowest BCUT2D eigenvalue weighted by molar-refractivity contribution is -0.137. The first kappa shape index (κ1) is 22.5. The Morgan fingerprint density at radius 3 is 2.64 bits per heavy atom. The molecule has 2 saturated heterocycles. The number of nitrogens with zero attached hydrogens (tertiary/aromatic N) is 2. The van der Waals surface area contributed by atoms with Crippen LogP contribution >= 0.6 is 12.4 Å². The van der Waals surface area contributed by atoms with Gasteiger partial charge >= 0.3 is 6.18 Å². The third kappa shape index (κ3) is 5.18. The number of halogens is 4. The molecule has 0 aromatic heterocycles. The molecule has 2 fully saturated rings. The molecule has 1 unspecified atom stereocenters. The number of hydrogen-bond acceptors (Lipinski definition) is 4. The number of piperazine rings is 1. The van der Waals surface area contributed by atoms with Gasteiger partial charge in [-0.15, -0.1) is 12.4 Å². The normalized spacial score (nSPS) is 20.5. The second kappa shape index (κ2) is 9.62. The summed E-state index contributed by atoms with van der Waals surface area (Å²) in [7, 11) is 0. The predicted molar refractivity (Wildman–Crippen MR) is 103 cm³/mol. The molecule has 0 spiro atoms. The number of likely N-dealkylation sites (tertiary alicyclic amines) is 1. The van der Waals surface area contributed by atoms with Crippen molar-refractivity contribution in [3.8, 4) is 5.75 Å². The molecule has 0 saturated carbocycles. The quantitative estimate of drug-likeness (QED) is 0.745. The van der Waals surface area contributed by atoms with Gasteiger partial charge in [-0.25, -0.2) is 0 Å². The van der Waals surface area contributed by atoms with Crippen LogP contribution in [0, 0.1) is 0 Å². The van der Waals surface area contributed by atoms with Crippen LogP contribution in [0.15, 0.2) is 30.9 Å². The van der Waals surface area contributed by atoms with Gasteiger partial charge in [-0.05, 0) is 24.6 Å². The van der Waals surface area contributed by atoms with E-state index < -0.39 is 17.6 Å². The molecule has 1 atom stereocenters. The molecule has 9 heteroatoms. The zero-order valence-corrected chi connectivity index (χ0v) is 16.3. The number of benzene rings is 1. The molecular weight excluding hydrogens is 395 g/mol. The van der Waals surface area contributed by atoms with Gasteiger partial charge in [0.2, 0.25) is 0 Å². The summed E-state index contributed by atoms with van der Waals surface area (Å²) in [5.74, 6) is -0.267. The van der Waals surface area contributed by atoms with Crippen LogP contribution in [0.4, 0.5) is 13.2 Å². The van der Waals surface area contributed by atoms with E-state index >= 15 is 0 Å². The molecule has 2 aliphatic rings. The third-order valence-corrected chi connectivity index (χ3v) is 5.01. The highest BCUT2D eigenvalue weighted by atomic mass is 35.5. The molecule has 156 valence electrons. The van der Waals surface area contributed by atoms with Crippen molar-refractivity contribution in [2.75, 3.05) is 45.9 Å².